The van der Waals surface area contributed by atoms with Crippen molar-refractivity contribution in [1.82, 2.24) is 19.7 Å². The van der Waals surface area contributed by atoms with E-state index < -0.39 is 0 Å². The summed E-state index contributed by atoms with van der Waals surface area (Å²) in [5, 5.41) is 10.1. The van der Waals surface area contributed by atoms with Crippen LogP contribution in [0.25, 0.3) is 0 Å². The lowest BCUT2D eigenvalue weighted by atomic mass is 10.4. The molecule has 2 heterocycles. The Morgan fingerprint density at radius 2 is 2.00 bits per heavy atom. The molecule has 1 aliphatic rings. The fourth-order valence-electron chi connectivity index (χ4n) is 1.76. The highest BCUT2D eigenvalue weighted by Crippen LogP contribution is 2.21. The Morgan fingerprint density at radius 3 is 2.65 bits per heavy atom. The molecule has 1 aromatic rings. The first kappa shape index (κ1) is 12.9. The van der Waals surface area contributed by atoms with Crippen molar-refractivity contribution in [3.05, 3.63) is 5.82 Å². The normalized spacial score (nSPS) is 17.9. The van der Waals surface area contributed by atoms with Crippen molar-refractivity contribution in [3.63, 3.8) is 0 Å². The van der Waals surface area contributed by atoms with Crippen molar-refractivity contribution in [2.75, 3.05) is 26.3 Å². The third-order valence-corrected chi connectivity index (χ3v) is 3.77. The summed E-state index contributed by atoms with van der Waals surface area (Å²) in [6, 6.07) is 0. The van der Waals surface area contributed by atoms with Crippen LogP contribution in [-0.2, 0) is 18.3 Å². The second-order valence-electron chi connectivity index (χ2n) is 4.51. The molecular weight excluding hydrogens is 236 g/mol. The van der Waals surface area contributed by atoms with E-state index >= 15 is 0 Å². The van der Waals surface area contributed by atoms with Crippen LogP contribution in [0.1, 0.15) is 19.7 Å². The maximum Gasteiger partial charge on any atom is 0.191 e. The first-order valence-corrected chi connectivity index (χ1v) is 6.90. The summed E-state index contributed by atoms with van der Waals surface area (Å²) < 4.78 is 7.43. The van der Waals surface area contributed by atoms with E-state index in [2.05, 4.69) is 33.5 Å². The van der Waals surface area contributed by atoms with E-state index in [1.54, 1.807) is 11.8 Å². The van der Waals surface area contributed by atoms with Crippen LogP contribution < -0.4 is 0 Å². The molecule has 1 saturated heterocycles. The van der Waals surface area contributed by atoms with Crippen molar-refractivity contribution in [1.29, 1.82) is 0 Å². The van der Waals surface area contributed by atoms with Gasteiger partial charge in [0.05, 0.1) is 19.8 Å². The Bertz CT molecular complexity index is 360. The van der Waals surface area contributed by atoms with Crippen molar-refractivity contribution in [2.24, 2.45) is 7.05 Å². The van der Waals surface area contributed by atoms with Crippen LogP contribution in [0, 0.1) is 0 Å². The Balaban J connectivity index is 1.98. The summed E-state index contributed by atoms with van der Waals surface area (Å²) >= 11 is 1.75. The van der Waals surface area contributed by atoms with E-state index in [1.807, 2.05) is 7.05 Å². The van der Waals surface area contributed by atoms with Crippen LogP contribution >= 0.6 is 11.8 Å². The zero-order valence-corrected chi connectivity index (χ0v) is 11.5. The first-order chi connectivity index (χ1) is 8.16. The topological polar surface area (TPSA) is 43.2 Å². The quantitative estimate of drug-likeness (QED) is 0.756. The van der Waals surface area contributed by atoms with E-state index in [0.29, 0.717) is 5.25 Å². The van der Waals surface area contributed by atoms with E-state index in [4.69, 9.17) is 4.74 Å². The van der Waals surface area contributed by atoms with Gasteiger partial charge in [-0.2, -0.15) is 0 Å². The van der Waals surface area contributed by atoms with Crippen LogP contribution in [0.5, 0.6) is 0 Å². The molecule has 0 aliphatic carbocycles. The number of aromatic nitrogens is 3. The first-order valence-electron chi connectivity index (χ1n) is 6.02. The predicted molar refractivity (Wildman–Crippen MR) is 68.1 cm³/mol. The molecular formula is C11H20N4OS. The average molecular weight is 256 g/mol. The number of nitrogens with zero attached hydrogens (tertiary/aromatic N) is 4. The Morgan fingerprint density at radius 1 is 1.29 bits per heavy atom. The number of hydrogen-bond donors (Lipinski definition) is 0. The van der Waals surface area contributed by atoms with E-state index in [9.17, 15) is 0 Å². The number of ether oxygens (including phenoxy) is 1. The molecule has 0 spiro atoms. The van der Waals surface area contributed by atoms with E-state index in [1.165, 1.54) is 0 Å². The standard InChI is InChI=1S/C11H20N4OS/c1-9(2)17-11-13-12-10(14(11)3)8-15-4-6-16-7-5-15/h9H,4-8H2,1-3H3. The lowest BCUT2D eigenvalue weighted by molar-refractivity contribution is 0.0326. The van der Waals surface area contributed by atoms with Crippen molar-refractivity contribution < 1.29 is 4.74 Å². The summed E-state index contributed by atoms with van der Waals surface area (Å²) in [6.45, 7) is 8.82. The number of hydrogen-bond acceptors (Lipinski definition) is 5. The molecule has 1 aliphatic heterocycles. The highest BCUT2D eigenvalue weighted by atomic mass is 32.2. The Kier molecular flexibility index (Phi) is 4.42. The highest BCUT2D eigenvalue weighted by molar-refractivity contribution is 7.99. The van der Waals surface area contributed by atoms with E-state index in [0.717, 1.165) is 43.8 Å². The molecule has 0 amide bonds. The molecule has 96 valence electrons. The minimum atomic E-state index is 0.536. The SMILES string of the molecule is CC(C)Sc1nnc(CN2CCOCC2)n1C. The number of thioether (sulfide) groups is 1. The molecule has 0 aromatic carbocycles. The van der Waals surface area contributed by atoms with E-state index in [-0.39, 0.29) is 0 Å². The number of morpholine rings is 1. The monoisotopic (exact) mass is 256 g/mol. The van der Waals surface area contributed by atoms with Gasteiger partial charge >= 0.3 is 0 Å². The van der Waals surface area contributed by atoms with Gasteiger partial charge in [-0.3, -0.25) is 4.90 Å². The van der Waals surface area contributed by atoms with Crippen molar-refractivity contribution >= 4 is 11.8 Å². The molecule has 2 rings (SSSR count). The van der Waals surface area contributed by atoms with Gasteiger partial charge in [-0.15, -0.1) is 10.2 Å². The minimum absolute atomic E-state index is 0.536. The van der Waals surface area contributed by atoms with Crippen LogP contribution in [0.2, 0.25) is 0 Å². The number of rotatable bonds is 4. The molecule has 5 nitrogen and oxygen atoms in total. The van der Waals surface area contributed by atoms with Crippen molar-refractivity contribution in [2.45, 2.75) is 30.8 Å². The van der Waals surface area contributed by atoms with Crippen molar-refractivity contribution in [3.8, 4) is 0 Å². The largest absolute Gasteiger partial charge is 0.379 e. The summed E-state index contributed by atoms with van der Waals surface area (Å²) in [6.07, 6.45) is 0. The molecule has 0 atom stereocenters. The van der Waals surface area contributed by atoms with Gasteiger partial charge in [-0.25, -0.2) is 0 Å². The van der Waals surface area contributed by atoms with Crippen LogP contribution in [0.4, 0.5) is 0 Å². The minimum Gasteiger partial charge on any atom is -0.379 e. The highest BCUT2D eigenvalue weighted by Gasteiger charge is 2.16. The van der Waals surface area contributed by atoms with Crippen LogP contribution in [0.15, 0.2) is 5.16 Å². The summed E-state index contributed by atoms with van der Waals surface area (Å²) in [7, 11) is 2.04. The maximum atomic E-state index is 5.34. The molecule has 0 radical (unpaired) electrons. The second kappa shape index (κ2) is 5.84. The fraction of sp³-hybridized carbons (Fsp3) is 0.818. The molecule has 0 bridgehead atoms. The Labute approximate surface area is 107 Å². The third-order valence-electron chi connectivity index (χ3n) is 2.73. The predicted octanol–water partition coefficient (Wildman–Crippen LogP) is 1.15. The average Bonchev–Trinajstić information content (AvgIpc) is 2.62. The van der Waals surface area contributed by atoms with Gasteiger partial charge in [0.15, 0.2) is 5.16 Å². The Hall–Kier alpha value is -0.590. The summed E-state index contributed by atoms with van der Waals surface area (Å²) in [5.74, 6) is 1.04. The molecule has 6 heteroatoms. The summed E-state index contributed by atoms with van der Waals surface area (Å²) in [5.41, 5.74) is 0. The molecule has 17 heavy (non-hydrogen) atoms. The van der Waals surface area contributed by atoms with Gasteiger partial charge in [0.25, 0.3) is 0 Å². The fourth-order valence-corrected chi connectivity index (χ4v) is 2.53. The van der Waals surface area contributed by atoms with Crippen LogP contribution in [0.3, 0.4) is 0 Å². The molecule has 0 N–H and O–H groups in total. The molecule has 1 fully saturated rings. The summed E-state index contributed by atoms with van der Waals surface area (Å²) in [4.78, 5) is 2.36. The van der Waals surface area contributed by atoms with Crippen LogP contribution in [-0.4, -0.2) is 51.2 Å². The van der Waals surface area contributed by atoms with Gasteiger partial charge < -0.3 is 9.30 Å². The third kappa shape index (κ3) is 3.43. The molecule has 0 saturated carbocycles. The van der Waals surface area contributed by atoms with Gasteiger partial charge in [0.1, 0.15) is 5.82 Å². The lowest BCUT2D eigenvalue weighted by Gasteiger charge is -2.25. The molecule has 1 aromatic heterocycles. The zero-order valence-electron chi connectivity index (χ0n) is 10.7. The van der Waals surface area contributed by atoms with Gasteiger partial charge in [-0.05, 0) is 0 Å². The smallest absolute Gasteiger partial charge is 0.191 e. The molecule has 0 unspecified atom stereocenters. The maximum absolute atomic E-state index is 5.34. The zero-order chi connectivity index (χ0) is 12.3. The lowest BCUT2D eigenvalue weighted by Crippen LogP contribution is -2.36. The second-order valence-corrected chi connectivity index (χ2v) is 6.06. The van der Waals surface area contributed by atoms with Gasteiger partial charge in [-0.1, -0.05) is 25.6 Å². The van der Waals surface area contributed by atoms with Gasteiger partial charge in [0.2, 0.25) is 0 Å². The van der Waals surface area contributed by atoms with Gasteiger partial charge in [0, 0.05) is 25.4 Å².